The summed E-state index contributed by atoms with van der Waals surface area (Å²) in [5.41, 5.74) is 1.10. The maximum absolute atomic E-state index is 13.8. The van der Waals surface area contributed by atoms with Crippen molar-refractivity contribution in [3.63, 3.8) is 0 Å². The van der Waals surface area contributed by atoms with Crippen LogP contribution in [0.5, 0.6) is 0 Å². The number of urea groups is 1. The molecule has 5 nitrogen and oxygen atoms in total. The third-order valence-electron chi connectivity index (χ3n) is 6.65. The first-order chi connectivity index (χ1) is 13.6. The molecule has 1 atom stereocenters. The van der Waals surface area contributed by atoms with Crippen molar-refractivity contribution in [2.75, 3.05) is 45.9 Å². The molecule has 3 fully saturated rings. The van der Waals surface area contributed by atoms with Crippen LogP contribution in [0.15, 0.2) is 18.2 Å². The van der Waals surface area contributed by atoms with E-state index in [0.717, 1.165) is 70.6 Å². The van der Waals surface area contributed by atoms with Gasteiger partial charge in [0.25, 0.3) is 0 Å². The Labute approximate surface area is 171 Å². The summed E-state index contributed by atoms with van der Waals surface area (Å²) in [7, 11) is 0. The maximum Gasteiger partial charge on any atom is 0.317 e. The van der Waals surface area contributed by atoms with Crippen molar-refractivity contribution < 1.29 is 13.9 Å². The van der Waals surface area contributed by atoms with Gasteiger partial charge in [0, 0.05) is 52.5 Å². The van der Waals surface area contributed by atoms with Crippen LogP contribution >= 0.6 is 11.6 Å². The third kappa shape index (κ3) is 4.29. The normalized spacial score (nSPS) is 24.8. The second-order valence-electron chi connectivity index (χ2n) is 8.47. The summed E-state index contributed by atoms with van der Waals surface area (Å²) in [5.74, 6) is 0.0219. The number of benzene rings is 1. The molecule has 1 aromatic rings. The molecule has 0 saturated carbocycles. The minimum atomic E-state index is -0.367. The Kier molecular flexibility index (Phi) is 6.09. The molecule has 2 amide bonds. The Morgan fingerprint density at radius 2 is 2.04 bits per heavy atom. The summed E-state index contributed by atoms with van der Waals surface area (Å²) in [5, 5.41) is 3.34. The first-order valence-electron chi connectivity index (χ1n) is 10.3. The predicted molar refractivity (Wildman–Crippen MR) is 107 cm³/mol. The van der Waals surface area contributed by atoms with Gasteiger partial charge in [-0.3, -0.25) is 4.90 Å². The van der Waals surface area contributed by atoms with Gasteiger partial charge in [-0.15, -0.1) is 0 Å². The first kappa shape index (κ1) is 19.9. The Morgan fingerprint density at radius 3 is 2.75 bits per heavy atom. The molecule has 1 unspecified atom stereocenters. The first-order valence-corrected chi connectivity index (χ1v) is 10.7. The summed E-state index contributed by atoms with van der Waals surface area (Å²) in [6.07, 6.45) is 4.23. The molecule has 3 heterocycles. The lowest BCUT2D eigenvalue weighted by molar-refractivity contribution is -0.0000799. The highest BCUT2D eigenvalue weighted by Gasteiger charge is 2.47. The number of halogens is 2. The Hall–Kier alpha value is -1.37. The summed E-state index contributed by atoms with van der Waals surface area (Å²) < 4.78 is 19.4. The molecule has 0 radical (unpaired) electrons. The number of carbonyl (C=O) groups is 1. The van der Waals surface area contributed by atoms with E-state index in [1.54, 1.807) is 6.07 Å². The SMILES string of the molecule is O=C(NCC1CN(Cc2ccc(Cl)c(F)c2)CC12CCOCC2)N1CCCC1. The van der Waals surface area contributed by atoms with Crippen LogP contribution in [0.3, 0.4) is 0 Å². The number of carbonyl (C=O) groups excluding carboxylic acids is 1. The number of likely N-dealkylation sites (tertiary alicyclic amines) is 2. The molecule has 3 aliphatic heterocycles. The number of hydrogen-bond donors (Lipinski definition) is 1. The van der Waals surface area contributed by atoms with Crippen LogP contribution in [-0.2, 0) is 11.3 Å². The zero-order valence-electron chi connectivity index (χ0n) is 16.3. The smallest absolute Gasteiger partial charge is 0.317 e. The number of nitrogens with zero attached hydrogens (tertiary/aromatic N) is 2. The average Bonchev–Trinajstić information content (AvgIpc) is 3.33. The molecule has 1 aromatic carbocycles. The summed E-state index contributed by atoms with van der Waals surface area (Å²) in [4.78, 5) is 16.7. The van der Waals surface area contributed by atoms with E-state index in [1.165, 1.54) is 6.07 Å². The predicted octanol–water partition coefficient (Wildman–Crippen LogP) is 3.51. The van der Waals surface area contributed by atoms with Crippen LogP contribution in [0.1, 0.15) is 31.2 Å². The van der Waals surface area contributed by atoms with Crippen LogP contribution in [0.4, 0.5) is 9.18 Å². The molecule has 3 saturated heterocycles. The van der Waals surface area contributed by atoms with Gasteiger partial charge in [-0.25, -0.2) is 9.18 Å². The summed E-state index contributed by atoms with van der Waals surface area (Å²) >= 11 is 5.82. The van der Waals surface area contributed by atoms with E-state index >= 15 is 0 Å². The lowest BCUT2D eigenvalue weighted by Gasteiger charge is -2.38. The van der Waals surface area contributed by atoms with Crippen LogP contribution in [0, 0.1) is 17.2 Å². The number of nitrogens with one attached hydrogen (secondary N) is 1. The van der Waals surface area contributed by atoms with Gasteiger partial charge in [0.1, 0.15) is 5.82 Å². The second-order valence-corrected chi connectivity index (χ2v) is 8.88. The zero-order valence-corrected chi connectivity index (χ0v) is 17.0. The fraction of sp³-hybridized carbons (Fsp3) is 0.667. The second kappa shape index (κ2) is 8.56. The van der Waals surface area contributed by atoms with Gasteiger partial charge in [0.05, 0.1) is 5.02 Å². The molecule has 3 aliphatic rings. The fourth-order valence-corrected chi connectivity index (χ4v) is 5.15. The van der Waals surface area contributed by atoms with Crippen LogP contribution in [-0.4, -0.2) is 61.8 Å². The molecular formula is C21H29ClFN3O2. The molecule has 1 N–H and O–H groups in total. The molecule has 4 rings (SSSR count). The quantitative estimate of drug-likeness (QED) is 0.827. The molecule has 28 heavy (non-hydrogen) atoms. The van der Waals surface area contributed by atoms with Crippen molar-refractivity contribution >= 4 is 17.6 Å². The van der Waals surface area contributed by atoms with E-state index in [1.807, 2.05) is 11.0 Å². The van der Waals surface area contributed by atoms with Gasteiger partial charge in [-0.2, -0.15) is 0 Å². The van der Waals surface area contributed by atoms with Crippen molar-refractivity contribution in [2.45, 2.75) is 32.2 Å². The van der Waals surface area contributed by atoms with E-state index < -0.39 is 0 Å². The molecule has 0 aliphatic carbocycles. The summed E-state index contributed by atoms with van der Waals surface area (Å²) in [6, 6.07) is 5.12. The molecule has 1 spiro atoms. The molecule has 0 aromatic heterocycles. The third-order valence-corrected chi connectivity index (χ3v) is 6.96. The molecular weight excluding hydrogens is 381 g/mol. The van der Waals surface area contributed by atoms with Gasteiger partial charge >= 0.3 is 6.03 Å². The lowest BCUT2D eigenvalue weighted by Crippen LogP contribution is -2.45. The van der Waals surface area contributed by atoms with Gasteiger partial charge in [-0.1, -0.05) is 17.7 Å². The Bertz CT molecular complexity index is 705. The highest BCUT2D eigenvalue weighted by Crippen LogP contribution is 2.44. The summed E-state index contributed by atoms with van der Waals surface area (Å²) in [6.45, 7) is 6.55. The van der Waals surface area contributed by atoms with Crippen molar-refractivity contribution in [3.8, 4) is 0 Å². The van der Waals surface area contributed by atoms with E-state index in [0.29, 0.717) is 19.0 Å². The van der Waals surface area contributed by atoms with E-state index in [2.05, 4.69) is 10.2 Å². The number of ether oxygens (including phenoxy) is 1. The van der Waals surface area contributed by atoms with E-state index in [-0.39, 0.29) is 22.3 Å². The minimum absolute atomic E-state index is 0.0675. The Morgan fingerprint density at radius 1 is 1.29 bits per heavy atom. The van der Waals surface area contributed by atoms with Gasteiger partial charge in [-0.05, 0) is 54.7 Å². The average molecular weight is 410 g/mol. The number of hydrogen-bond acceptors (Lipinski definition) is 3. The van der Waals surface area contributed by atoms with Crippen LogP contribution in [0.2, 0.25) is 5.02 Å². The fourth-order valence-electron chi connectivity index (χ4n) is 5.03. The highest BCUT2D eigenvalue weighted by atomic mass is 35.5. The van der Waals surface area contributed by atoms with Gasteiger partial charge in [0.2, 0.25) is 0 Å². The molecule has 7 heteroatoms. The largest absolute Gasteiger partial charge is 0.381 e. The zero-order chi connectivity index (χ0) is 19.6. The van der Waals surface area contributed by atoms with Gasteiger partial charge < -0.3 is 15.0 Å². The standard InChI is InChI=1S/C21H29ClFN3O2/c22-18-4-3-16(11-19(18)23)13-25-14-17(21(15-25)5-9-28-10-6-21)12-24-20(27)26-7-1-2-8-26/h3-4,11,17H,1-2,5-10,12-15H2,(H,24,27). The number of amides is 2. The van der Waals surface area contributed by atoms with E-state index in [4.69, 9.17) is 16.3 Å². The minimum Gasteiger partial charge on any atom is -0.381 e. The van der Waals surface area contributed by atoms with Crippen molar-refractivity contribution in [1.29, 1.82) is 0 Å². The number of rotatable bonds is 4. The Balaban J connectivity index is 1.41. The topological polar surface area (TPSA) is 44.8 Å². The molecule has 154 valence electrons. The molecule has 0 bridgehead atoms. The van der Waals surface area contributed by atoms with Crippen molar-refractivity contribution in [2.24, 2.45) is 11.3 Å². The van der Waals surface area contributed by atoms with E-state index in [9.17, 15) is 9.18 Å². The monoisotopic (exact) mass is 409 g/mol. The highest BCUT2D eigenvalue weighted by molar-refractivity contribution is 6.30. The van der Waals surface area contributed by atoms with Crippen molar-refractivity contribution in [3.05, 3.63) is 34.6 Å². The van der Waals surface area contributed by atoms with Gasteiger partial charge in [0.15, 0.2) is 0 Å². The lowest BCUT2D eigenvalue weighted by atomic mass is 9.72. The van der Waals surface area contributed by atoms with Crippen LogP contribution < -0.4 is 5.32 Å². The maximum atomic E-state index is 13.8. The van der Waals surface area contributed by atoms with Crippen molar-refractivity contribution in [1.82, 2.24) is 15.1 Å². The van der Waals surface area contributed by atoms with Crippen LogP contribution in [0.25, 0.3) is 0 Å².